The number of hydrogen-bond acceptors (Lipinski definition) is 4. The van der Waals surface area contributed by atoms with Gasteiger partial charge in [-0.15, -0.1) is 0 Å². The Labute approximate surface area is 194 Å². The molecule has 1 amide bonds. The van der Waals surface area contributed by atoms with E-state index in [1.54, 1.807) is 6.07 Å². The van der Waals surface area contributed by atoms with E-state index in [4.69, 9.17) is 27.9 Å². The molecule has 32 heavy (non-hydrogen) atoms. The third-order valence-electron chi connectivity index (χ3n) is 4.33. The zero-order chi connectivity index (χ0) is 23.1. The second-order valence-electron chi connectivity index (χ2n) is 6.55. The van der Waals surface area contributed by atoms with Gasteiger partial charge in [-0.05, 0) is 35.9 Å². The molecular weight excluding hydrogens is 451 g/mol. The van der Waals surface area contributed by atoms with Crippen molar-refractivity contribution in [3.05, 3.63) is 99.0 Å². The van der Waals surface area contributed by atoms with E-state index in [9.17, 15) is 20.0 Å². The summed E-state index contributed by atoms with van der Waals surface area (Å²) < 4.78 is 5.85. The number of carbonyl (C=O) groups is 2. The molecule has 0 unspecified atom stereocenters. The molecule has 3 rings (SSSR count). The number of hydrogen-bond donors (Lipinski definition) is 2. The van der Waals surface area contributed by atoms with Gasteiger partial charge in [-0.25, -0.2) is 4.79 Å². The highest BCUT2D eigenvalue weighted by Crippen LogP contribution is 2.34. The number of nitriles is 1. The van der Waals surface area contributed by atoms with Gasteiger partial charge in [0.15, 0.2) is 0 Å². The van der Waals surface area contributed by atoms with Gasteiger partial charge in [-0.3, -0.25) is 4.79 Å². The van der Waals surface area contributed by atoms with Gasteiger partial charge in [-0.2, -0.15) is 5.26 Å². The number of carbonyl (C=O) groups excluding carboxylic acids is 1. The molecule has 2 N–H and O–H groups in total. The number of carboxylic acids is 1. The fourth-order valence-electron chi connectivity index (χ4n) is 2.84. The van der Waals surface area contributed by atoms with E-state index in [0.717, 1.165) is 5.56 Å². The fourth-order valence-corrected chi connectivity index (χ4v) is 3.41. The Morgan fingerprint density at radius 1 is 1.06 bits per heavy atom. The highest BCUT2D eigenvalue weighted by Gasteiger charge is 2.17. The van der Waals surface area contributed by atoms with Crippen LogP contribution in [0.1, 0.15) is 21.5 Å². The molecule has 160 valence electrons. The number of anilines is 1. The first-order valence-electron chi connectivity index (χ1n) is 9.30. The van der Waals surface area contributed by atoms with E-state index in [0.29, 0.717) is 10.6 Å². The van der Waals surface area contributed by atoms with Gasteiger partial charge in [0, 0.05) is 10.6 Å². The molecule has 0 aliphatic heterocycles. The Balaban J connectivity index is 1.92. The molecule has 0 aliphatic rings. The molecule has 8 heteroatoms. The van der Waals surface area contributed by atoms with Crippen LogP contribution >= 0.6 is 23.2 Å². The SMILES string of the molecule is N#C/C(=C\c1cc(Cl)cc(Cl)c1OCc1ccccc1)C(=O)Nc1ccccc1C(=O)O. The summed E-state index contributed by atoms with van der Waals surface area (Å²) in [5, 5.41) is 21.8. The molecule has 6 nitrogen and oxygen atoms in total. The summed E-state index contributed by atoms with van der Waals surface area (Å²) in [6.07, 6.45) is 1.29. The molecule has 0 aromatic heterocycles. The lowest BCUT2D eigenvalue weighted by Gasteiger charge is -2.13. The summed E-state index contributed by atoms with van der Waals surface area (Å²) in [5.41, 5.74) is 0.911. The molecular formula is C24H16Cl2N2O4. The molecule has 3 aromatic carbocycles. The van der Waals surface area contributed by atoms with Crippen LogP contribution in [0.25, 0.3) is 6.08 Å². The van der Waals surface area contributed by atoms with E-state index < -0.39 is 11.9 Å². The quantitative estimate of drug-likeness (QED) is 0.337. The molecule has 0 saturated heterocycles. The molecule has 3 aromatic rings. The van der Waals surface area contributed by atoms with Crippen molar-refractivity contribution in [3.63, 3.8) is 0 Å². The Kier molecular flexibility index (Phi) is 7.50. The zero-order valence-electron chi connectivity index (χ0n) is 16.5. The van der Waals surface area contributed by atoms with Crippen LogP contribution in [0.5, 0.6) is 5.75 Å². The van der Waals surface area contributed by atoms with E-state index in [1.807, 2.05) is 36.4 Å². The molecule has 0 fully saturated rings. The van der Waals surface area contributed by atoms with Crippen LogP contribution in [0.4, 0.5) is 5.69 Å². The maximum atomic E-state index is 12.7. The number of nitrogens with one attached hydrogen (secondary N) is 1. The van der Waals surface area contributed by atoms with Gasteiger partial charge in [0.1, 0.15) is 24.0 Å². The van der Waals surface area contributed by atoms with E-state index in [2.05, 4.69) is 5.32 Å². The van der Waals surface area contributed by atoms with Crippen molar-refractivity contribution >= 4 is 46.8 Å². The topological polar surface area (TPSA) is 99.4 Å². The van der Waals surface area contributed by atoms with Crippen LogP contribution in [-0.4, -0.2) is 17.0 Å². The fraction of sp³-hybridized carbons (Fsp3) is 0.0417. The Morgan fingerprint density at radius 2 is 1.75 bits per heavy atom. The maximum Gasteiger partial charge on any atom is 0.337 e. The number of nitrogens with zero attached hydrogens (tertiary/aromatic N) is 1. The lowest BCUT2D eigenvalue weighted by Crippen LogP contribution is -2.16. The second kappa shape index (κ2) is 10.5. The van der Waals surface area contributed by atoms with Crippen LogP contribution < -0.4 is 10.1 Å². The summed E-state index contributed by atoms with van der Waals surface area (Å²) in [6, 6.07) is 20.1. The van der Waals surface area contributed by atoms with Crippen molar-refractivity contribution in [2.24, 2.45) is 0 Å². The summed E-state index contributed by atoms with van der Waals surface area (Å²) in [6.45, 7) is 0.211. The van der Waals surface area contributed by atoms with Crippen molar-refractivity contribution in [3.8, 4) is 11.8 Å². The van der Waals surface area contributed by atoms with Crippen molar-refractivity contribution in [1.82, 2.24) is 0 Å². The average Bonchev–Trinajstić information content (AvgIpc) is 2.77. The predicted molar refractivity (Wildman–Crippen MR) is 123 cm³/mol. The first-order valence-corrected chi connectivity index (χ1v) is 10.1. The van der Waals surface area contributed by atoms with E-state index in [-0.39, 0.29) is 34.2 Å². The van der Waals surface area contributed by atoms with Gasteiger partial charge in [0.05, 0.1) is 16.3 Å². The number of rotatable bonds is 7. The highest BCUT2D eigenvalue weighted by molar-refractivity contribution is 6.36. The van der Waals surface area contributed by atoms with Crippen LogP contribution in [0.15, 0.2) is 72.3 Å². The van der Waals surface area contributed by atoms with Crippen molar-refractivity contribution in [2.75, 3.05) is 5.32 Å². The van der Waals surface area contributed by atoms with Crippen LogP contribution in [0, 0.1) is 11.3 Å². The van der Waals surface area contributed by atoms with Crippen LogP contribution in [0.2, 0.25) is 10.0 Å². The second-order valence-corrected chi connectivity index (χ2v) is 7.40. The van der Waals surface area contributed by atoms with Gasteiger partial charge in [-0.1, -0.05) is 65.7 Å². The smallest absolute Gasteiger partial charge is 0.337 e. The predicted octanol–water partition coefficient (Wildman–Crippen LogP) is 5.82. The Morgan fingerprint density at radius 3 is 2.44 bits per heavy atom. The molecule has 0 saturated carbocycles. The number of halogens is 2. The number of ether oxygens (including phenoxy) is 1. The zero-order valence-corrected chi connectivity index (χ0v) is 18.0. The number of amides is 1. The normalized spacial score (nSPS) is 10.8. The largest absolute Gasteiger partial charge is 0.487 e. The number of benzene rings is 3. The number of para-hydroxylation sites is 1. The minimum absolute atomic E-state index is 0.0656. The lowest BCUT2D eigenvalue weighted by molar-refractivity contribution is -0.112. The van der Waals surface area contributed by atoms with E-state index >= 15 is 0 Å². The number of carboxylic acid groups (broad SMARTS) is 1. The monoisotopic (exact) mass is 466 g/mol. The highest BCUT2D eigenvalue weighted by atomic mass is 35.5. The average molecular weight is 467 g/mol. The molecule has 0 bridgehead atoms. The first-order chi connectivity index (χ1) is 15.4. The van der Waals surface area contributed by atoms with Crippen molar-refractivity contribution in [2.45, 2.75) is 6.61 Å². The standard InChI is InChI=1S/C24H16Cl2N2O4/c25-18-11-16(22(20(26)12-18)32-14-15-6-2-1-3-7-15)10-17(13-27)23(29)28-21-9-5-4-8-19(21)24(30)31/h1-12H,14H2,(H,28,29)(H,30,31)/b17-10+. The molecule has 0 radical (unpaired) electrons. The summed E-state index contributed by atoms with van der Waals surface area (Å²) in [4.78, 5) is 24.0. The lowest BCUT2D eigenvalue weighted by atomic mass is 10.1. The molecule has 0 heterocycles. The molecule has 0 spiro atoms. The van der Waals surface area contributed by atoms with Gasteiger partial charge in [0.25, 0.3) is 5.91 Å². The van der Waals surface area contributed by atoms with Crippen LogP contribution in [-0.2, 0) is 11.4 Å². The number of aromatic carboxylic acids is 1. The van der Waals surface area contributed by atoms with Crippen molar-refractivity contribution in [1.29, 1.82) is 5.26 Å². The van der Waals surface area contributed by atoms with Gasteiger partial charge >= 0.3 is 5.97 Å². The first kappa shape index (κ1) is 22.9. The third kappa shape index (κ3) is 5.67. The molecule has 0 aliphatic carbocycles. The van der Waals surface area contributed by atoms with Crippen molar-refractivity contribution < 1.29 is 19.4 Å². The molecule has 0 atom stereocenters. The van der Waals surface area contributed by atoms with Gasteiger partial charge < -0.3 is 15.2 Å². The minimum atomic E-state index is -1.21. The van der Waals surface area contributed by atoms with E-state index in [1.165, 1.54) is 36.4 Å². The van der Waals surface area contributed by atoms with Crippen LogP contribution in [0.3, 0.4) is 0 Å². The minimum Gasteiger partial charge on any atom is -0.487 e. The third-order valence-corrected chi connectivity index (χ3v) is 4.83. The summed E-state index contributed by atoms with van der Waals surface area (Å²) in [5.74, 6) is -1.74. The summed E-state index contributed by atoms with van der Waals surface area (Å²) in [7, 11) is 0. The Hall–Kier alpha value is -3.79. The Bertz CT molecular complexity index is 1230. The van der Waals surface area contributed by atoms with Gasteiger partial charge in [0.2, 0.25) is 0 Å². The summed E-state index contributed by atoms with van der Waals surface area (Å²) >= 11 is 12.4. The maximum absolute atomic E-state index is 12.7.